The predicted octanol–water partition coefficient (Wildman–Crippen LogP) is 4.46. The van der Waals surface area contributed by atoms with Gasteiger partial charge in [-0.15, -0.1) is 0 Å². The Morgan fingerprint density at radius 2 is 1.37 bits per heavy atom. The summed E-state index contributed by atoms with van der Waals surface area (Å²) in [4.78, 5) is 14.6. The Morgan fingerprint density at radius 1 is 0.763 bits per heavy atom. The molecule has 0 fully saturated rings. The molecule has 1 N–H and O–H groups in total. The van der Waals surface area contributed by atoms with E-state index in [0.717, 1.165) is 28.2 Å². The van der Waals surface area contributed by atoms with Crippen molar-refractivity contribution in [2.24, 2.45) is 0 Å². The molecular formula is C29H37N3O6. The van der Waals surface area contributed by atoms with Crippen molar-refractivity contribution in [1.82, 2.24) is 15.3 Å². The summed E-state index contributed by atoms with van der Waals surface area (Å²) in [6, 6.07) is 23.0. The molecule has 0 atom stereocenters. The average molecular weight is 524 g/mol. The summed E-state index contributed by atoms with van der Waals surface area (Å²) >= 11 is 0. The van der Waals surface area contributed by atoms with E-state index in [1.807, 2.05) is 91.9 Å². The minimum Gasteiger partial charge on any atom is -0.497 e. The van der Waals surface area contributed by atoms with Crippen LogP contribution < -0.4 is 19.6 Å². The van der Waals surface area contributed by atoms with Crippen LogP contribution in [-0.4, -0.2) is 64.3 Å². The second kappa shape index (κ2) is 15.5. The first-order valence-electron chi connectivity index (χ1n) is 12.3. The van der Waals surface area contributed by atoms with Gasteiger partial charge in [-0.05, 0) is 53.1 Å². The highest BCUT2D eigenvalue weighted by Crippen LogP contribution is 2.18. The molecule has 0 aliphatic heterocycles. The molecule has 0 saturated carbocycles. The molecule has 0 aliphatic rings. The van der Waals surface area contributed by atoms with Crippen molar-refractivity contribution in [1.29, 1.82) is 0 Å². The van der Waals surface area contributed by atoms with E-state index in [9.17, 15) is 4.79 Å². The number of nitrogens with one attached hydrogen (secondary N) is 1. The lowest BCUT2D eigenvalue weighted by molar-refractivity contribution is -0.00954. The molecule has 9 nitrogen and oxygen atoms in total. The summed E-state index contributed by atoms with van der Waals surface area (Å²) in [7, 11) is 7.13. The lowest BCUT2D eigenvalue weighted by Gasteiger charge is -2.23. The van der Waals surface area contributed by atoms with E-state index in [1.165, 1.54) is 0 Å². The highest BCUT2D eigenvalue weighted by molar-refractivity contribution is 5.67. The second-order valence-electron chi connectivity index (χ2n) is 8.71. The van der Waals surface area contributed by atoms with Crippen molar-refractivity contribution >= 4 is 6.09 Å². The third kappa shape index (κ3) is 9.93. The van der Waals surface area contributed by atoms with E-state index < -0.39 is 6.09 Å². The molecule has 204 valence electrons. The molecule has 1 amide bonds. The Morgan fingerprint density at radius 3 is 1.92 bits per heavy atom. The lowest BCUT2D eigenvalue weighted by atomic mass is 10.1. The Kier molecular flexibility index (Phi) is 11.7. The minimum absolute atomic E-state index is 0.0591. The average Bonchev–Trinajstić information content (AvgIpc) is 2.94. The molecule has 3 aromatic rings. The summed E-state index contributed by atoms with van der Waals surface area (Å²) in [6.45, 7) is 1.85. The number of carbonyl (C=O) groups is 1. The Bertz CT molecular complexity index is 1060. The van der Waals surface area contributed by atoms with Gasteiger partial charge in [-0.1, -0.05) is 36.4 Å². The van der Waals surface area contributed by atoms with E-state index in [0.29, 0.717) is 25.4 Å². The van der Waals surface area contributed by atoms with Crippen LogP contribution in [0.15, 0.2) is 72.8 Å². The van der Waals surface area contributed by atoms with Gasteiger partial charge in [-0.2, -0.15) is 0 Å². The fraction of sp³-hybridized carbons (Fsp3) is 0.345. The number of hydrogen-bond acceptors (Lipinski definition) is 8. The predicted molar refractivity (Wildman–Crippen MR) is 145 cm³/mol. The number of carbonyl (C=O) groups excluding carboxylic acids is 1. The topological polar surface area (TPSA) is 81.7 Å². The van der Waals surface area contributed by atoms with Crippen molar-refractivity contribution in [3.05, 3.63) is 89.5 Å². The molecule has 38 heavy (non-hydrogen) atoms. The molecule has 0 radical (unpaired) electrons. The number of benzene rings is 3. The zero-order valence-electron chi connectivity index (χ0n) is 22.5. The summed E-state index contributed by atoms with van der Waals surface area (Å²) in [6.07, 6.45) is -0.428. The van der Waals surface area contributed by atoms with Crippen molar-refractivity contribution in [3.8, 4) is 17.2 Å². The Labute approximate surface area is 224 Å². The highest BCUT2D eigenvalue weighted by atomic mass is 16.7. The zero-order valence-corrected chi connectivity index (χ0v) is 22.5. The summed E-state index contributed by atoms with van der Waals surface area (Å²) in [5, 5.41) is 1.90. The van der Waals surface area contributed by atoms with E-state index in [2.05, 4.69) is 5.43 Å². The SMILES string of the molecule is COc1ccc(CN(Cc2ccc(OC)cc2)C(=O)OCCOCOc2cccc(CNN(C)C)c2)cc1. The van der Waals surface area contributed by atoms with E-state index in [1.54, 1.807) is 19.1 Å². The first-order chi connectivity index (χ1) is 18.5. The number of hydrazine groups is 1. The van der Waals surface area contributed by atoms with Gasteiger partial charge in [0, 0.05) is 33.7 Å². The third-order valence-electron chi connectivity index (χ3n) is 5.58. The van der Waals surface area contributed by atoms with E-state index in [-0.39, 0.29) is 20.0 Å². The number of methoxy groups -OCH3 is 2. The van der Waals surface area contributed by atoms with Gasteiger partial charge in [0.15, 0.2) is 6.79 Å². The summed E-state index contributed by atoms with van der Waals surface area (Å²) in [5.74, 6) is 2.23. The number of hydrogen-bond donors (Lipinski definition) is 1. The van der Waals surface area contributed by atoms with Crippen LogP contribution in [0.3, 0.4) is 0 Å². The third-order valence-corrected chi connectivity index (χ3v) is 5.58. The van der Waals surface area contributed by atoms with Crippen LogP contribution in [0.25, 0.3) is 0 Å². The van der Waals surface area contributed by atoms with Crippen molar-refractivity contribution < 1.29 is 28.5 Å². The van der Waals surface area contributed by atoms with Gasteiger partial charge < -0.3 is 23.7 Å². The van der Waals surface area contributed by atoms with Crippen LogP contribution in [0.4, 0.5) is 4.79 Å². The van der Waals surface area contributed by atoms with Gasteiger partial charge in [0.2, 0.25) is 0 Å². The van der Waals surface area contributed by atoms with Gasteiger partial charge in [-0.25, -0.2) is 4.79 Å². The van der Waals surface area contributed by atoms with Gasteiger partial charge in [0.25, 0.3) is 0 Å². The summed E-state index contributed by atoms with van der Waals surface area (Å²) < 4.78 is 27.2. The Hall–Kier alpha value is -3.79. The lowest BCUT2D eigenvalue weighted by Crippen LogP contribution is -2.31. The van der Waals surface area contributed by atoms with Crippen LogP contribution >= 0.6 is 0 Å². The molecule has 3 aromatic carbocycles. The fourth-order valence-electron chi connectivity index (χ4n) is 3.53. The number of ether oxygens (including phenoxy) is 5. The van der Waals surface area contributed by atoms with Crippen LogP contribution in [0.1, 0.15) is 16.7 Å². The monoisotopic (exact) mass is 523 g/mol. The van der Waals surface area contributed by atoms with Crippen molar-refractivity contribution in [2.75, 3.05) is 48.3 Å². The van der Waals surface area contributed by atoms with Gasteiger partial charge in [-0.3, -0.25) is 15.3 Å². The first kappa shape index (κ1) is 28.8. The molecular weight excluding hydrogens is 486 g/mol. The first-order valence-corrected chi connectivity index (χ1v) is 12.3. The number of nitrogens with zero attached hydrogens (tertiary/aromatic N) is 2. The van der Waals surface area contributed by atoms with Crippen LogP contribution in [0, 0.1) is 0 Å². The standard InChI is InChI=1S/C29H37N3O6/c1-31(2)30-19-25-6-5-7-28(18-25)38-22-36-16-17-37-29(33)32(20-23-8-12-26(34-3)13-9-23)21-24-10-14-27(35-4)15-11-24/h5-15,18,30H,16-17,19-22H2,1-4H3. The molecule has 0 aromatic heterocycles. The smallest absolute Gasteiger partial charge is 0.410 e. The van der Waals surface area contributed by atoms with Gasteiger partial charge in [0.05, 0.1) is 20.8 Å². The minimum atomic E-state index is -0.428. The van der Waals surface area contributed by atoms with E-state index >= 15 is 0 Å². The fourth-order valence-corrected chi connectivity index (χ4v) is 3.53. The van der Waals surface area contributed by atoms with Crippen molar-refractivity contribution in [2.45, 2.75) is 19.6 Å². The van der Waals surface area contributed by atoms with Crippen LogP contribution in [0.5, 0.6) is 17.2 Å². The normalized spacial score (nSPS) is 10.8. The Balaban J connectivity index is 1.47. The largest absolute Gasteiger partial charge is 0.497 e. The number of amides is 1. The maximum absolute atomic E-state index is 13.0. The maximum atomic E-state index is 13.0. The quantitative estimate of drug-likeness (QED) is 0.178. The zero-order chi connectivity index (χ0) is 27.2. The van der Waals surface area contributed by atoms with Gasteiger partial charge in [0.1, 0.15) is 23.9 Å². The highest BCUT2D eigenvalue weighted by Gasteiger charge is 2.16. The molecule has 3 rings (SSSR count). The number of rotatable bonds is 15. The molecule has 9 heteroatoms. The van der Waals surface area contributed by atoms with Crippen LogP contribution in [-0.2, 0) is 29.1 Å². The second-order valence-corrected chi connectivity index (χ2v) is 8.71. The molecule has 0 saturated heterocycles. The van der Waals surface area contributed by atoms with Crippen LogP contribution in [0.2, 0.25) is 0 Å². The molecule has 0 spiro atoms. The molecule has 0 bridgehead atoms. The molecule has 0 unspecified atom stereocenters. The molecule has 0 aliphatic carbocycles. The van der Waals surface area contributed by atoms with Gasteiger partial charge >= 0.3 is 6.09 Å². The van der Waals surface area contributed by atoms with E-state index in [4.69, 9.17) is 23.7 Å². The molecule has 0 heterocycles. The maximum Gasteiger partial charge on any atom is 0.410 e. The summed E-state index contributed by atoms with van der Waals surface area (Å²) in [5.41, 5.74) is 6.24. The van der Waals surface area contributed by atoms with Crippen molar-refractivity contribution in [3.63, 3.8) is 0 Å².